The van der Waals surface area contributed by atoms with Gasteiger partial charge in [0.25, 0.3) is 0 Å². The first-order chi connectivity index (χ1) is 42.8. The van der Waals surface area contributed by atoms with Crippen molar-refractivity contribution in [3.63, 3.8) is 0 Å². The lowest BCUT2D eigenvalue weighted by atomic mass is 10.00. The Kier molecular flexibility index (Phi) is 59.6. The van der Waals surface area contributed by atoms with E-state index in [4.69, 9.17) is 37.0 Å². The Labute approximate surface area is 543 Å². The van der Waals surface area contributed by atoms with Crippen LogP contribution in [0.3, 0.4) is 0 Å². The SMILES string of the molecule is CCCCCCCCCCC(=O)OC[C@H](COP(=O)(O)OC[C@H](O)COP(=O)(O)OC[C@@H](COC(=O)CCCCCCCCCCCCCC(C)C)OC(=O)CCCCCCCCCCCCCCCCC(C)C)OC(=O)CCCCCCCCC(C)CC. The van der Waals surface area contributed by atoms with E-state index in [1.54, 1.807) is 0 Å². The first kappa shape index (κ1) is 87.1. The topological polar surface area (TPSA) is 237 Å². The van der Waals surface area contributed by atoms with Gasteiger partial charge >= 0.3 is 39.5 Å². The molecule has 0 amide bonds. The fraction of sp³-hybridized carbons (Fsp3) is 0.943. The number of hydrogen-bond donors (Lipinski definition) is 3. The monoisotopic (exact) mass is 1310 g/mol. The van der Waals surface area contributed by atoms with Crippen molar-refractivity contribution in [3.05, 3.63) is 0 Å². The molecule has 89 heavy (non-hydrogen) atoms. The smallest absolute Gasteiger partial charge is 0.462 e. The van der Waals surface area contributed by atoms with E-state index in [0.29, 0.717) is 25.7 Å². The molecule has 3 N–H and O–H groups in total. The quantitative estimate of drug-likeness (QED) is 0.0222. The van der Waals surface area contributed by atoms with Crippen LogP contribution in [0.15, 0.2) is 0 Å². The van der Waals surface area contributed by atoms with Crippen LogP contribution in [0, 0.1) is 17.8 Å². The summed E-state index contributed by atoms with van der Waals surface area (Å²) in [5.41, 5.74) is 0. The van der Waals surface area contributed by atoms with Crippen LogP contribution in [0.4, 0.5) is 0 Å². The Morgan fingerprint density at radius 2 is 0.573 bits per heavy atom. The second kappa shape index (κ2) is 61.0. The van der Waals surface area contributed by atoms with Crippen LogP contribution in [0.2, 0.25) is 0 Å². The number of phosphoric ester groups is 2. The van der Waals surface area contributed by atoms with Gasteiger partial charge in [-0.05, 0) is 43.4 Å². The van der Waals surface area contributed by atoms with Gasteiger partial charge in [-0.15, -0.1) is 0 Å². The molecule has 0 saturated carbocycles. The van der Waals surface area contributed by atoms with Gasteiger partial charge in [0.15, 0.2) is 12.2 Å². The van der Waals surface area contributed by atoms with Gasteiger partial charge in [-0.3, -0.25) is 37.3 Å². The standard InChI is InChI=1S/C70H136O17P2/c1-8-10-11-12-13-29-37-44-51-67(72)80-58-66(87-70(75)54-47-40-33-32-36-43-50-63(7)9-2)60-85-89(78,79)83-56-64(71)55-82-88(76,77)84-59-65(57-81-68(73)52-45-38-30-25-22-18-20-24-28-35-42-49-62(5)6)86-69(74)53-46-39-31-26-21-17-15-14-16-19-23-27-34-41-48-61(3)4/h61-66,71H,8-60H2,1-7H3,(H,76,77)(H,78,79)/t63?,64-,65-,66-/m1/s1. The summed E-state index contributed by atoms with van der Waals surface area (Å²) in [6.45, 7) is 11.8. The number of carbonyl (C=O) groups is 4. The number of unbranched alkanes of at least 4 members (excludes halogenated alkanes) is 35. The van der Waals surface area contributed by atoms with Crippen LogP contribution >= 0.6 is 15.6 Å². The third-order valence-corrected chi connectivity index (χ3v) is 18.4. The Balaban J connectivity index is 5.22. The van der Waals surface area contributed by atoms with Crippen molar-refractivity contribution in [1.29, 1.82) is 0 Å². The summed E-state index contributed by atoms with van der Waals surface area (Å²) in [6.07, 6.45) is 44.5. The minimum absolute atomic E-state index is 0.103. The maximum absolute atomic E-state index is 13.0. The molecule has 0 aliphatic heterocycles. The van der Waals surface area contributed by atoms with E-state index >= 15 is 0 Å². The molecule has 0 heterocycles. The van der Waals surface area contributed by atoms with Gasteiger partial charge in [-0.2, -0.15) is 0 Å². The van der Waals surface area contributed by atoms with Gasteiger partial charge in [0.1, 0.15) is 19.3 Å². The van der Waals surface area contributed by atoms with Crippen molar-refractivity contribution in [2.45, 2.75) is 369 Å². The van der Waals surface area contributed by atoms with E-state index in [-0.39, 0.29) is 25.7 Å². The first-order valence-electron chi connectivity index (χ1n) is 36.4. The summed E-state index contributed by atoms with van der Waals surface area (Å²) in [5.74, 6) is 0.156. The van der Waals surface area contributed by atoms with E-state index < -0.39 is 97.5 Å². The van der Waals surface area contributed by atoms with Crippen molar-refractivity contribution in [3.8, 4) is 0 Å². The molecule has 0 rings (SSSR count). The number of aliphatic hydroxyl groups excluding tert-OH is 1. The number of phosphoric acid groups is 2. The molecule has 0 aromatic carbocycles. The zero-order chi connectivity index (χ0) is 65.9. The molecule has 0 saturated heterocycles. The van der Waals surface area contributed by atoms with E-state index in [2.05, 4.69) is 48.5 Å². The third-order valence-electron chi connectivity index (χ3n) is 16.5. The summed E-state index contributed by atoms with van der Waals surface area (Å²) >= 11 is 0. The third kappa shape index (κ3) is 63.2. The molecule has 0 spiro atoms. The molecule has 0 aromatic rings. The van der Waals surface area contributed by atoms with Gasteiger partial charge in [-0.1, -0.05) is 299 Å². The van der Waals surface area contributed by atoms with Crippen LogP contribution in [-0.2, 0) is 65.4 Å². The molecule has 0 aromatic heterocycles. The van der Waals surface area contributed by atoms with Gasteiger partial charge in [0.2, 0.25) is 0 Å². The van der Waals surface area contributed by atoms with E-state index in [9.17, 15) is 43.2 Å². The molecule has 3 unspecified atom stereocenters. The lowest BCUT2D eigenvalue weighted by Gasteiger charge is -2.21. The lowest BCUT2D eigenvalue weighted by Crippen LogP contribution is -2.30. The molecule has 0 radical (unpaired) electrons. The van der Waals surface area contributed by atoms with E-state index in [0.717, 1.165) is 114 Å². The minimum Gasteiger partial charge on any atom is -0.462 e. The van der Waals surface area contributed by atoms with Gasteiger partial charge in [0, 0.05) is 25.7 Å². The largest absolute Gasteiger partial charge is 0.472 e. The molecule has 19 heteroatoms. The molecular formula is C70H136O17P2. The fourth-order valence-electron chi connectivity index (χ4n) is 10.5. The number of rotatable bonds is 68. The number of hydrogen-bond acceptors (Lipinski definition) is 15. The van der Waals surface area contributed by atoms with Gasteiger partial charge < -0.3 is 33.8 Å². The van der Waals surface area contributed by atoms with E-state index in [1.165, 1.54) is 154 Å². The van der Waals surface area contributed by atoms with Crippen LogP contribution in [0.25, 0.3) is 0 Å². The molecule has 528 valence electrons. The zero-order valence-corrected chi connectivity index (χ0v) is 59.7. The van der Waals surface area contributed by atoms with Crippen molar-refractivity contribution in [2.75, 3.05) is 39.6 Å². The molecule has 0 aliphatic rings. The number of carbonyl (C=O) groups excluding carboxylic acids is 4. The molecule has 6 atom stereocenters. The Bertz CT molecular complexity index is 1750. The van der Waals surface area contributed by atoms with Crippen molar-refractivity contribution < 1.29 is 80.2 Å². The normalized spacial score (nSPS) is 14.5. The maximum atomic E-state index is 13.0. The molecule has 17 nitrogen and oxygen atoms in total. The molecule has 0 aliphatic carbocycles. The molecule has 0 bridgehead atoms. The Morgan fingerprint density at radius 3 is 0.854 bits per heavy atom. The Hall–Kier alpha value is -1.94. The predicted octanol–water partition coefficient (Wildman–Crippen LogP) is 19.8. The van der Waals surface area contributed by atoms with Crippen LogP contribution in [0.1, 0.15) is 350 Å². The summed E-state index contributed by atoms with van der Waals surface area (Å²) in [5, 5.41) is 10.6. The van der Waals surface area contributed by atoms with Crippen molar-refractivity contribution in [1.82, 2.24) is 0 Å². The average molecular weight is 1310 g/mol. The second-order valence-electron chi connectivity index (χ2n) is 26.5. The highest BCUT2D eigenvalue weighted by atomic mass is 31.2. The Morgan fingerprint density at radius 1 is 0.326 bits per heavy atom. The first-order valence-corrected chi connectivity index (χ1v) is 39.4. The van der Waals surface area contributed by atoms with Gasteiger partial charge in [0.05, 0.1) is 26.4 Å². The number of aliphatic hydroxyl groups is 1. The molecule has 0 fully saturated rings. The van der Waals surface area contributed by atoms with Crippen LogP contribution < -0.4 is 0 Å². The average Bonchev–Trinajstić information content (AvgIpc) is 3.63. The lowest BCUT2D eigenvalue weighted by molar-refractivity contribution is -0.161. The highest BCUT2D eigenvalue weighted by molar-refractivity contribution is 7.47. The van der Waals surface area contributed by atoms with Crippen LogP contribution in [0.5, 0.6) is 0 Å². The minimum atomic E-state index is -4.95. The molecular weight excluding hydrogens is 1170 g/mol. The van der Waals surface area contributed by atoms with Crippen molar-refractivity contribution in [2.24, 2.45) is 17.8 Å². The summed E-state index contributed by atoms with van der Waals surface area (Å²) in [7, 11) is -9.90. The highest BCUT2D eigenvalue weighted by Gasteiger charge is 2.30. The fourth-order valence-corrected chi connectivity index (χ4v) is 12.1. The zero-order valence-electron chi connectivity index (χ0n) is 57.9. The maximum Gasteiger partial charge on any atom is 0.472 e. The second-order valence-corrected chi connectivity index (χ2v) is 29.4. The van der Waals surface area contributed by atoms with Gasteiger partial charge in [-0.25, -0.2) is 9.13 Å². The highest BCUT2D eigenvalue weighted by Crippen LogP contribution is 2.45. The summed E-state index contributed by atoms with van der Waals surface area (Å²) in [6, 6.07) is 0. The number of ether oxygens (including phenoxy) is 4. The predicted molar refractivity (Wildman–Crippen MR) is 358 cm³/mol. The summed E-state index contributed by atoms with van der Waals surface area (Å²) in [4.78, 5) is 72.4. The number of esters is 4. The van der Waals surface area contributed by atoms with Crippen LogP contribution in [-0.4, -0.2) is 96.7 Å². The summed E-state index contributed by atoms with van der Waals surface area (Å²) < 4.78 is 68.2. The van der Waals surface area contributed by atoms with E-state index in [1.807, 2.05) is 0 Å². The van der Waals surface area contributed by atoms with Crippen molar-refractivity contribution >= 4 is 39.5 Å².